The first-order chi connectivity index (χ1) is 11.1. The summed E-state index contributed by atoms with van der Waals surface area (Å²) in [6, 6.07) is 14.6. The van der Waals surface area contributed by atoms with Gasteiger partial charge < -0.3 is 14.8 Å². The lowest BCUT2D eigenvalue weighted by molar-refractivity contribution is -0.114. The Kier molecular flexibility index (Phi) is 5.46. The molecule has 0 aliphatic carbocycles. The van der Waals surface area contributed by atoms with E-state index in [-0.39, 0.29) is 11.5 Å². The highest BCUT2D eigenvalue weighted by atomic mass is 16.7. The number of hydrogen-bond donors (Lipinski definition) is 1. The van der Waals surface area contributed by atoms with Crippen molar-refractivity contribution in [2.75, 3.05) is 12.1 Å². The number of esters is 2. The Bertz CT molecular complexity index is 712. The van der Waals surface area contributed by atoms with Crippen LogP contribution < -0.4 is 5.32 Å². The van der Waals surface area contributed by atoms with Gasteiger partial charge in [0.05, 0.1) is 11.1 Å². The lowest BCUT2D eigenvalue weighted by atomic mass is 10.2. The number of anilines is 1. The first-order valence-corrected chi connectivity index (χ1v) is 6.83. The number of benzene rings is 2. The van der Waals surface area contributed by atoms with Crippen LogP contribution in [-0.2, 0) is 14.3 Å². The largest absolute Gasteiger partial charge is 0.424 e. The third kappa shape index (κ3) is 4.96. The Morgan fingerprint density at radius 2 is 1.48 bits per heavy atom. The molecule has 1 N–H and O–H groups in total. The second-order valence-corrected chi connectivity index (χ2v) is 4.61. The van der Waals surface area contributed by atoms with E-state index in [2.05, 4.69) is 5.32 Å². The second kappa shape index (κ2) is 7.74. The molecule has 0 saturated heterocycles. The molecule has 0 bridgehead atoms. The van der Waals surface area contributed by atoms with Crippen LogP contribution in [0, 0.1) is 0 Å². The maximum atomic E-state index is 11.9. The summed E-state index contributed by atoms with van der Waals surface area (Å²) in [5.41, 5.74) is 1.09. The third-order valence-electron chi connectivity index (χ3n) is 2.81. The molecule has 2 aromatic rings. The number of carbonyl (C=O) groups is 3. The highest BCUT2D eigenvalue weighted by Gasteiger charge is 2.11. The average molecular weight is 313 g/mol. The van der Waals surface area contributed by atoms with Gasteiger partial charge in [-0.3, -0.25) is 4.79 Å². The van der Waals surface area contributed by atoms with Gasteiger partial charge in [-0.25, -0.2) is 9.59 Å². The molecular formula is C17H15NO5. The molecule has 118 valence electrons. The van der Waals surface area contributed by atoms with Crippen molar-refractivity contribution >= 4 is 23.5 Å². The molecular weight excluding hydrogens is 298 g/mol. The van der Waals surface area contributed by atoms with Crippen molar-refractivity contribution in [1.82, 2.24) is 0 Å². The molecule has 0 aromatic heterocycles. The van der Waals surface area contributed by atoms with Gasteiger partial charge in [-0.15, -0.1) is 0 Å². The molecule has 6 heteroatoms. The van der Waals surface area contributed by atoms with E-state index in [1.54, 1.807) is 42.5 Å². The van der Waals surface area contributed by atoms with Crippen molar-refractivity contribution in [3.63, 3.8) is 0 Å². The summed E-state index contributed by atoms with van der Waals surface area (Å²) in [6.45, 7) is 0.880. The van der Waals surface area contributed by atoms with Crippen LogP contribution in [0.4, 0.5) is 5.69 Å². The number of hydrogen-bond acceptors (Lipinski definition) is 5. The molecule has 6 nitrogen and oxygen atoms in total. The summed E-state index contributed by atoms with van der Waals surface area (Å²) in [7, 11) is 0. The van der Waals surface area contributed by atoms with E-state index >= 15 is 0 Å². The van der Waals surface area contributed by atoms with Gasteiger partial charge in [-0.05, 0) is 30.3 Å². The smallest absolute Gasteiger partial charge is 0.341 e. The molecule has 0 fully saturated rings. The molecule has 1 amide bonds. The quantitative estimate of drug-likeness (QED) is 0.678. The number of rotatable bonds is 5. The highest BCUT2D eigenvalue weighted by Crippen LogP contribution is 2.12. The second-order valence-electron chi connectivity index (χ2n) is 4.61. The monoisotopic (exact) mass is 313 g/mol. The van der Waals surface area contributed by atoms with Gasteiger partial charge >= 0.3 is 11.9 Å². The van der Waals surface area contributed by atoms with Crippen molar-refractivity contribution in [1.29, 1.82) is 0 Å². The third-order valence-corrected chi connectivity index (χ3v) is 2.81. The van der Waals surface area contributed by atoms with Gasteiger partial charge in [-0.1, -0.05) is 24.3 Å². The Morgan fingerprint density at radius 3 is 2.13 bits per heavy atom. The van der Waals surface area contributed by atoms with E-state index in [0.717, 1.165) is 0 Å². The van der Waals surface area contributed by atoms with Gasteiger partial charge in [0.15, 0.2) is 0 Å². The predicted molar refractivity (Wildman–Crippen MR) is 82.9 cm³/mol. The molecule has 0 spiro atoms. The molecule has 0 atom stereocenters. The van der Waals surface area contributed by atoms with Crippen LogP contribution >= 0.6 is 0 Å². The van der Waals surface area contributed by atoms with E-state index in [1.807, 2.05) is 0 Å². The number of amides is 1. The fourth-order valence-electron chi connectivity index (χ4n) is 1.80. The zero-order chi connectivity index (χ0) is 16.7. The van der Waals surface area contributed by atoms with Crippen molar-refractivity contribution in [2.24, 2.45) is 0 Å². The Hall–Kier alpha value is -3.15. The summed E-state index contributed by atoms with van der Waals surface area (Å²) in [5, 5.41) is 2.56. The molecule has 2 rings (SSSR count). The molecule has 2 aromatic carbocycles. The average Bonchev–Trinajstić information content (AvgIpc) is 2.55. The van der Waals surface area contributed by atoms with Crippen molar-refractivity contribution in [3.05, 3.63) is 65.7 Å². The van der Waals surface area contributed by atoms with Crippen molar-refractivity contribution < 1.29 is 23.9 Å². The molecule has 0 saturated carbocycles. The summed E-state index contributed by atoms with van der Waals surface area (Å²) in [6.07, 6.45) is 0. The topological polar surface area (TPSA) is 81.7 Å². The summed E-state index contributed by atoms with van der Waals surface area (Å²) in [5.74, 6) is -1.48. The predicted octanol–water partition coefficient (Wildman–Crippen LogP) is 2.62. The van der Waals surface area contributed by atoms with Gasteiger partial charge in [0.1, 0.15) is 0 Å². The van der Waals surface area contributed by atoms with E-state index in [1.165, 1.54) is 19.1 Å². The first kappa shape index (κ1) is 16.2. The van der Waals surface area contributed by atoms with E-state index in [9.17, 15) is 14.4 Å². The molecule has 0 unspecified atom stereocenters. The van der Waals surface area contributed by atoms with Crippen LogP contribution in [0.3, 0.4) is 0 Å². The maximum Gasteiger partial charge on any atom is 0.341 e. The molecule has 0 aliphatic rings. The van der Waals surface area contributed by atoms with E-state index < -0.39 is 18.7 Å². The fourth-order valence-corrected chi connectivity index (χ4v) is 1.80. The van der Waals surface area contributed by atoms with Crippen LogP contribution in [0.2, 0.25) is 0 Å². The normalized spacial score (nSPS) is 9.78. The molecule has 23 heavy (non-hydrogen) atoms. The zero-order valence-corrected chi connectivity index (χ0v) is 12.4. The van der Waals surface area contributed by atoms with Crippen molar-refractivity contribution in [3.8, 4) is 0 Å². The Labute approximate surface area is 133 Å². The fraction of sp³-hybridized carbons (Fsp3) is 0.118. The first-order valence-electron chi connectivity index (χ1n) is 6.83. The van der Waals surface area contributed by atoms with Crippen LogP contribution in [0.15, 0.2) is 54.6 Å². The molecule has 0 heterocycles. The number of ether oxygens (including phenoxy) is 2. The van der Waals surface area contributed by atoms with Crippen LogP contribution in [0.25, 0.3) is 0 Å². The standard InChI is InChI=1S/C17H15NO5/c1-12(19)18-15-9-5-8-14(10-15)17(21)23-11-22-16(20)13-6-3-2-4-7-13/h2-10H,11H2,1H3,(H,18,19). The van der Waals surface area contributed by atoms with Crippen molar-refractivity contribution in [2.45, 2.75) is 6.92 Å². The minimum Gasteiger partial charge on any atom is -0.424 e. The summed E-state index contributed by atoms with van der Waals surface area (Å²) < 4.78 is 9.75. The van der Waals surface area contributed by atoms with Crippen LogP contribution in [-0.4, -0.2) is 24.6 Å². The minimum atomic E-state index is -0.655. The lowest BCUT2D eigenvalue weighted by Gasteiger charge is -2.07. The molecule has 0 aliphatic heterocycles. The lowest BCUT2D eigenvalue weighted by Crippen LogP contribution is -2.13. The maximum absolute atomic E-state index is 11.9. The van der Waals surface area contributed by atoms with Crippen LogP contribution in [0.1, 0.15) is 27.6 Å². The highest BCUT2D eigenvalue weighted by molar-refractivity contribution is 5.94. The number of nitrogens with one attached hydrogen (secondary N) is 1. The van der Waals surface area contributed by atoms with Crippen LogP contribution in [0.5, 0.6) is 0 Å². The minimum absolute atomic E-state index is 0.243. The molecule has 0 radical (unpaired) electrons. The summed E-state index contributed by atoms with van der Waals surface area (Å²) >= 11 is 0. The van der Waals surface area contributed by atoms with Gasteiger partial charge in [0, 0.05) is 12.6 Å². The SMILES string of the molecule is CC(=O)Nc1cccc(C(=O)OCOC(=O)c2ccccc2)c1. The van der Waals surface area contributed by atoms with E-state index in [0.29, 0.717) is 11.3 Å². The van der Waals surface area contributed by atoms with Gasteiger partial charge in [0.25, 0.3) is 0 Å². The Morgan fingerprint density at radius 1 is 0.870 bits per heavy atom. The van der Waals surface area contributed by atoms with Gasteiger partial charge in [-0.2, -0.15) is 0 Å². The van der Waals surface area contributed by atoms with Gasteiger partial charge in [0.2, 0.25) is 12.7 Å². The zero-order valence-electron chi connectivity index (χ0n) is 12.4. The summed E-state index contributed by atoms with van der Waals surface area (Å²) in [4.78, 5) is 34.5. The Balaban J connectivity index is 1.87. The van der Waals surface area contributed by atoms with E-state index in [4.69, 9.17) is 9.47 Å². The number of carbonyl (C=O) groups excluding carboxylic acids is 3.